The van der Waals surface area contributed by atoms with E-state index in [4.69, 9.17) is 15.2 Å². The maximum atomic E-state index is 13.4. The molecule has 2 fully saturated rings. The smallest absolute Gasteiger partial charge is 0.172 e. The number of rotatable bonds is 7. The first-order valence-corrected chi connectivity index (χ1v) is 10.1. The molecule has 1 aliphatic carbocycles. The highest BCUT2D eigenvalue weighted by Gasteiger charge is 2.36. The van der Waals surface area contributed by atoms with Gasteiger partial charge in [-0.25, -0.2) is 8.78 Å². The van der Waals surface area contributed by atoms with Crippen molar-refractivity contribution in [1.82, 2.24) is 5.32 Å². The molecule has 0 unspecified atom stereocenters. The highest BCUT2D eigenvalue weighted by molar-refractivity contribution is 5.19. The van der Waals surface area contributed by atoms with E-state index in [2.05, 4.69) is 12.2 Å². The van der Waals surface area contributed by atoms with Crippen molar-refractivity contribution in [2.24, 2.45) is 11.1 Å². The Hall–Kier alpha value is -1.12. The molecule has 1 aliphatic heterocycles. The van der Waals surface area contributed by atoms with Crippen molar-refractivity contribution in [3.8, 4) is 0 Å². The molecule has 5 nitrogen and oxygen atoms in total. The topological polar surface area (TPSA) is 76.7 Å². The number of ether oxygens (including phenoxy) is 2. The van der Waals surface area contributed by atoms with Crippen LogP contribution in [0.2, 0.25) is 0 Å². The lowest BCUT2D eigenvalue weighted by atomic mass is 9.90. The molecular weight excluding hydrogens is 366 g/mol. The van der Waals surface area contributed by atoms with Gasteiger partial charge >= 0.3 is 0 Å². The summed E-state index contributed by atoms with van der Waals surface area (Å²) in [5.41, 5.74) is 6.74. The lowest BCUT2D eigenvalue weighted by Crippen LogP contribution is -2.61. The Kier molecular flexibility index (Phi) is 7.04. The maximum absolute atomic E-state index is 13.4. The van der Waals surface area contributed by atoms with Crippen LogP contribution in [-0.2, 0) is 15.9 Å². The number of hydrogen-bond donors (Lipinski definition) is 3. The monoisotopic (exact) mass is 398 g/mol. The van der Waals surface area contributed by atoms with Crippen molar-refractivity contribution < 1.29 is 23.4 Å². The molecule has 158 valence electrons. The molecule has 0 bridgehead atoms. The van der Waals surface area contributed by atoms with E-state index < -0.39 is 23.8 Å². The van der Waals surface area contributed by atoms with E-state index in [0.29, 0.717) is 12.2 Å². The quantitative estimate of drug-likeness (QED) is 0.658. The molecule has 5 atom stereocenters. The second-order valence-electron chi connectivity index (χ2n) is 8.73. The molecule has 0 radical (unpaired) electrons. The third kappa shape index (κ3) is 5.48. The van der Waals surface area contributed by atoms with Gasteiger partial charge in [-0.2, -0.15) is 0 Å². The summed E-state index contributed by atoms with van der Waals surface area (Å²) in [6.45, 7) is 5.13. The Morgan fingerprint density at radius 1 is 1.29 bits per heavy atom. The average molecular weight is 398 g/mol. The second-order valence-corrected chi connectivity index (χ2v) is 8.73. The fraction of sp³-hybridized carbons (Fsp3) is 0.714. The minimum Gasteiger partial charge on any atom is -0.390 e. The standard InChI is InChI=1S/C21H32F2N2O3/c1-13-20(28-12-21(2)5-3-4-6-21)27-11-18(25-13)19(26)17(24)9-14-7-15(22)10-16(23)8-14/h7-8,10,13,17-20,25-26H,3-6,9,11-12,24H2,1-2H3/t13-,17-,18+,19-,20-/m0/s1. The number of nitrogens with one attached hydrogen (secondary N) is 1. The second kappa shape index (κ2) is 9.13. The molecular formula is C21H32F2N2O3. The van der Waals surface area contributed by atoms with E-state index in [1.54, 1.807) is 0 Å². The fourth-order valence-electron chi connectivity index (χ4n) is 4.27. The number of hydrogen-bond acceptors (Lipinski definition) is 5. The highest BCUT2D eigenvalue weighted by atomic mass is 19.1. The van der Waals surface area contributed by atoms with Crippen molar-refractivity contribution >= 4 is 0 Å². The summed E-state index contributed by atoms with van der Waals surface area (Å²) in [4.78, 5) is 0. The predicted molar refractivity (Wildman–Crippen MR) is 103 cm³/mol. The molecule has 2 aliphatic rings. The van der Waals surface area contributed by atoms with E-state index in [-0.39, 0.29) is 36.8 Å². The summed E-state index contributed by atoms with van der Waals surface area (Å²) in [7, 11) is 0. The van der Waals surface area contributed by atoms with E-state index in [1.807, 2.05) is 6.92 Å². The maximum Gasteiger partial charge on any atom is 0.172 e. The summed E-state index contributed by atoms with van der Waals surface area (Å²) in [6, 6.07) is 2.13. The first kappa shape index (κ1) is 21.6. The number of nitrogens with two attached hydrogens (primary N) is 1. The van der Waals surface area contributed by atoms with Gasteiger partial charge in [0.2, 0.25) is 0 Å². The van der Waals surface area contributed by atoms with Crippen molar-refractivity contribution in [3.63, 3.8) is 0 Å². The zero-order chi connectivity index (χ0) is 20.3. The van der Waals surface area contributed by atoms with Gasteiger partial charge in [-0.3, -0.25) is 0 Å². The van der Waals surface area contributed by atoms with Crippen LogP contribution in [0, 0.1) is 17.0 Å². The minimum absolute atomic E-state index is 0.0998. The van der Waals surface area contributed by atoms with Gasteiger partial charge in [-0.15, -0.1) is 0 Å². The largest absolute Gasteiger partial charge is 0.390 e. The third-order valence-corrected chi connectivity index (χ3v) is 5.98. The molecule has 7 heteroatoms. The van der Waals surface area contributed by atoms with E-state index in [1.165, 1.54) is 37.8 Å². The average Bonchev–Trinajstić information content (AvgIpc) is 3.06. The van der Waals surface area contributed by atoms with Gasteiger partial charge < -0.3 is 25.6 Å². The van der Waals surface area contributed by atoms with Crippen LogP contribution in [0.5, 0.6) is 0 Å². The van der Waals surface area contributed by atoms with Crippen LogP contribution in [0.15, 0.2) is 18.2 Å². The minimum atomic E-state index is -0.915. The molecule has 0 aromatic heterocycles. The molecule has 28 heavy (non-hydrogen) atoms. The lowest BCUT2D eigenvalue weighted by Gasteiger charge is -2.40. The zero-order valence-electron chi connectivity index (χ0n) is 16.7. The van der Waals surface area contributed by atoms with Gasteiger partial charge in [0, 0.05) is 12.1 Å². The lowest BCUT2D eigenvalue weighted by molar-refractivity contribution is -0.202. The highest BCUT2D eigenvalue weighted by Crippen LogP contribution is 2.38. The summed E-state index contributed by atoms with van der Waals surface area (Å²) in [5, 5.41) is 13.9. The van der Waals surface area contributed by atoms with Crippen molar-refractivity contribution in [2.75, 3.05) is 13.2 Å². The molecule has 4 N–H and O–H groups in total. The van der Waals surface area contributed by atoms with Crippen molar-refractivity contribution in [2.45, 2.75) is 76.5 Å². The Bertz CT molecular complexity index is 634. The normalized spacial score (nSPS) is 29.6. The van der Waals surface area contributed by atoms with Gasteiger partial charge in [-0.05, 0) is 49.3 Å². The number of benzene rings is 1. The molecule has 1 heterocycles. The first-order valence-electron chi connectivity index (χ1n) is 10.1. The SMILES string of the molecule is C[C@@H]1N[C@@H]([C@@H](O)[C@@H](N)Cc2cc(F)cc(F)c2)CO[C@H]1OCC1(C)CCCC1. The third-order valence-electron chi connectivity index (χ3n) is 5.98. The van der Waals surface area contributed by atoms with Crippen LogP contribution in [0.3, 0.4) is 0 Å². The number of morpholine rings is 1. The molecule has 3 rings (SSSR count). The van der Waals surface area contributed by atoms with Gasteiger partial charge in [0.05, 0.1) is 31.4 Å². The van der Waals surface area contributed by atoms with Crippen LogP contribution in [0.1, 0.15) is 45.1 Å². The predicted octanol–water partition coefficient (Wildman–Crippen LogP) is 2.50. The van der Waals surface area contributed by atoms with Crippen LogP contribution < -0.4 is 11.1 Å². The molecule has 1 saturated heterocycles. The Morgan fingerprint density at radius 3 is 2.54 bits per heavy atom. The van der Waals surface area contributed by atoms with Gasteiger partial charge in [0.25, 0.3) is 0 Å². The Balaban J connectivity index is 1.49. The number of aliphatic hydroxyl groups is 1. The molecule has 0 amide bonds. The van der Waals surface area contributed by atoms with Crippen LogP contribution >= 0.6 is 0 Å². The van der Waals surface area contributed by atoms with Gasteiger partial charge in [0.15, 0.2) is 6.29 Å². The van der Waals surface area contributed by atoms with E-state index in [9.17, 15) is 13.9 Å². The van der Waals surface area contributed by atoms with Crippen LogP contribution in [0.25, 0.3) is 0 Å². The Labute approximate surface area is 165 Å². The molecule has 1 saturated carbocycles. The first-order chi connectivity index (χ1) is 13.3. The molecule has 0 spiro atoms. The van der Waals surface area contributed by atoms with Crippen LogP contribution in [0.4, 0.5) is 8.78 Å². The molecule has 1 aromatic rings. The zero-order valence-corrected chi connectivity index (χ0v) is 16.7. The number of aliphatic hydroxyl groups excluding tert-OH is 1. The van der Waals surface area contributed by atoms with Gasteiger partial charge in [-0.1, -0.05) is 19.8 Å². The van der Waals surface area contributed by atoms with Crippen molar-refractivity contribution in [3.05, 3.63) is 35.4 Å². The van der Waals surface area contributed by atoms with Gasteiger partial charge in [0.1, 0.15) is 11.6 Å². The summed E-state index contributed by atoms with van der Waals surface area (Å²) >= 11 is 0. The van der Waals surface area contributed by atoms with E-state index in [0.717, 1.165) is 6.07 Å². The Morgan fingerprint density at radius 2 is 1.93 bits per heavy atom. The van der Waals surface area contributed by atoms with Crippen LogP contribution in [-0.4, -0.2) is 48.8 Å². The summed E-state index contributed by atoms with van der Waals surface area (Å²) < 4.78 is 38.6. The summed E-state index contributed by atoms with van der Waals surface area (Å²) in [6.07, 6.45) is 3.75. The van der Waals surface area contributed by atoms with E-state index >= 15 is 0 Å². The summed E-state index contributed by atoms with van der Waals surface area (Å²) in [5.74, 6) is -1.30. The fourth-order valence-corrected chi connectivity index (χ4v) is 4.27. The number of halogens is 2. The molecule has 1 aromatic carbocycles. The van der Waals surface area contributed by atoms with Crippen molar-refractivity contribution in [1.29, 1.82) is 0 Å².